The van der Waals surface area contributed by atoms with Crippen LogP contribution in [0, 0.1) is 0 Å². The van der Waals surface area contributed by atoms with Crippen LogP contribution in [0.15, 0.2) is 30.3 Å². The van der Waals surface area contributed by atoms with Crippen LogP contribution in [0.1, 0.15) is 37.3 Å². The molecule has 1 aliphatic rings. The quantitative estimate of drug-likeness (QED) is 0.810. The summed E-state index contributed by atoms with van der Waals surface area (Å²) in [6, 6.07) is 9.13. The Bertz CT molecular complexity index is 443. The summed E-state index contributed by atoms with van der Waals surface area (Å²) >= 11 is 0. The molecule has 0 atom stereocenters. The highest BCUT2D eigenvalue weighted by Gasteiger charge is 2.14. The van der Waals surface area contributed by atoms with Crippen LogP contribution < -0.4 is 0 Å². The average molecular weight is 272 g/mol. The van der Waals surface area contributed by atoms with Gasteiger partial charge in [-0.2, -0.15) is 0 Å². The van der Waals surface area contributed by atoms with Crippen molar-refractivity contribution < 1.29 is 0 Å². The molecular weight excluding hydrogens is 244 g/mol. The van der Waals surface area contributed by atoms with Crippen LogP contribution in [-0.4, -0.2) is 50.1 Å². The van der Waals surface area contributed by atoms with Crippen LogP contribution in [-0.2, 0) is 0 Å². The summed E-state index contributed by atoms with van der Waals surface area (Å²) in [5.74, 6) is 0.612. The molecule has 0 unspecified atom stereocenters. The molecule has 0 bridgehead atoms. The maximum atomic E-state index is 2.56. The fraction of sp³-hybridized carbons (Fsp3) is 0.556. The van der Waals surface area contributed by atoms with E-state index in [1.54, 1.807) is 0 Å². The fourth-order valence-corrected chi connectivity index (χ4v) is 2.63. The van der Waals surface area contributed by atoms with E-state index in [1.165, 1.54) is 29.7 Å². The number of nitrogens with zero attached hydrogens (tertiary/aromatic N) is 2. The van der Waals surface area contributed by atoms with Gasteiger partial charge >= 0.3 is 0 Å². The van der Waals surface area contributed by atoms with Gasteiger partial charge < -0.3 is 4.90 Å². The first kappa shape index (κ1) is 15.3. The summed E-state index contributed by atoms with van der Waals surface area (Å²) in [7, 11) is 4.29. The first-order chi connectivity index (χ1) is 9.56. The second-order valence-corrected chi connectivity index (χ2v) is 6.37. The van der Waals surface area contributed by atoms with Gasteiger partial charge in [0.1, 0.15) is 0 Å². The van der Waals surface area contributed by atoms with E-state index in [0.717, 1.165) is 19.6 Å². The molecule has 110 valence electrons. The van der Waals surface area contributed by atoms with Gasteiger partial charge in [0, 0.05) is 26.2 Å². The zero-order chi connectivity index (χ0) is 14.5. The smallest absolute Gasteiger partial charge is 0.0237 e. The van der Waals surface area contributed by atoms with E-state index in [9.17, 15) is 0 Å². The molecule has 1 aliphatic heterocycles. The lowest BCUT2D eigenvalue weighted by atomic mass is 9.97. The molecule has 0 saturated carbocycles. The van der Waals surface area contributed by atoms with Crippen LogP contribution in [0.2, 0.25) is 0 Å². The summed E-state index contributed by atoms with van der Waals surface area (Å²) in [5, 5.41) is 0. The van der Waals surface area contributed by atoms with E-state index >= 15 is 0 Å². The third-order valence-electron chi connectivity index (χ3n) is 4.04. The predicted molar refractivity (Wildman–Crippen MR) is 88.1 cm³/mol. The minimum absolute atomic E-state index is 0.612. The SMILES string of the molecule is CC(C)c1ccc(C2=CCCN(CCN(C)C)C2)cc1. The van der Waals surface area contributed by atoms with Crippen molar-refractivity contribution in [1.29, 1.82) is 0 Å². The molecule has 0 radical (unpaired) electrons. The number of likely N-dealkylation sites (N-methyl/N-ethyl adjacent to an activating group) is 1. The maximum absolute atomic E-state index is 2.56. The highest BCUT2D eigenvalue weighted by atomic mass is 15.2. The Labute approximate surface area is 124 Å². The molecule has 0 aliphatic carbocycles. The Morgan fingerprint density at radius 2 is 1.85 bits per heavy atom. The van der Waals surface area contributed by atoms with Crippen molar-refractivity contribution >= 4 is 5.57 Å². The highest BCUT2D eigenvalue weighted by molar-refractivity contribution is 5.67. The molecule has 2 rings (SSSR count). The van der Waals surface area contributed by atoms with Crippen LogP contribution in [0.5, 0.6) is 0 Å². The molecule has 1 heterocycles. The lowest BCUT2D eigenvalue weighted by Gasteiger charge is -2.28. The minimum Gasteiger partial charge on any atom is -0.308 e. The van der Waals surface area contributed by atoms with Crippen molar-refractivity contribution in [3.63, 3.8) is 0 Å². The Morgan fingerprint density at radius 1 is 1.15 bits per heavy atom. The van der Waals surface area contributed by atoms with E-state index in [0.29, 0.717) is 5.92 Å². The molecule has 0 spiro atoms. The maximum Gasteiger partial charge on any atom is 0.0237 e. The number of rotatable bonds is 5. The van der Waals surface area contributed by atoms with Gasteiger partial charge in [0.2, 0.25) is 0 Å². The molecule has 2 nitrogen and oxygen atoms in total. The number of hydrogen-bond donors (Lipinski definition) is 0. The van der Waals surface area contributed by atoms with Crippen molar-refractivity contribution in [1.82, 2.24) is 9.80 Å². The van der Waals surface area contributed by atoms with Crippen LogP contribution >= 0.6 is 0 Å². The summed E-state index contributed by atoms with van der Waals surface area (Å²) < 4.78 is 0. The van der Waals surface area contributed by atoms with Gasteiger partial charge in [-0.3, -0.25) is 4.90 Å². The van der Waals surface area contributed by atoms with Crippen LogP contribution in [0.3, 0.4) is 0 Å². The molecule has 1 aromatic carbocycles. The summed E-state index contributed by atoms with van der Waals surface area (Å²) in [5.41, 5.74) is 4.31. The van der Waals surface area contributed by atoms with Gasteiger partial charge in [0.15, 0.2) is 0 Å². The molecule has 0 amide bonds. The van der Waals surface area contributed by atoms with Crippen LogP contribution in [0.4, 0.5) is 0 Å². The average Bonchev–Trinajstić information content (AvgIpc) is 2.45. The van der Waals surface area contributed by atoms with Crippen molar-refractivity contribution in [2.45, 2.75) is 26.2 Å². The van der Waals surface area contributed by atoms with Gasteiger partial charge in [-0.15, -0.1) is 0 Å². The first-order valence-electron chi connectivity index (χ1n) is 7.72. The van der Waals surface area contributed by atoms with Gasteiger partial charge in [-0.25, -0.2) is 0 Å². The van der Waals surface area contributed by atoms with E-state index in [2.05, 4.69) is 68.1 Å². The van der Waals surface area contributed by atoms with Gasteiger partial charge in [0.25, 0.3) is 0 Å². The first-order valence-corrected chi connectivity index (χ1v) is 7.72. The lowest BCUT2D eigenvalue weighted by molar-refractivity contribution is 0.262. The van der Waals surface area contributed by atoms with Crippen molar-refractivity contribution in [3.05, 3.63) is 41.5 Å². The molecule has 20 heavy (non-hydrogen) atoms. The third kappa shape index (κ3) is 4.19. The van der Waals surface area contributed by atoms with Crippen LogP contribution in [0.25, 0.3) is 5.57 Å². The molecule has 0 aromatic heterocycles. The monoisotopic (exact) mass is 272 g/mol. The minimum atomic E-state index is 0.612. The standard InChI is InChI=1S/C18H28N2/c1-15(2)16-7-9-17(10-8-16)18-6-5-11-20(14-18)13-12-19(3)4/h6-10,15H,5,11-14H2,1-4H3. The predicted octanol–water partition coefficient (Wildman–Crippen LogP) is 3.46. The molecule has 1 aromatic rings. The zero-order valence-corrected chi connectivity index (χ0v) is 13.4. The van der Waals surface area contributed by atoms with Gasteiger partial charge in [-0.05, 0) is 43.1 Å². The van der Waals surface area contributed by atoms with E-state index in [-0.39, 0.29) is 0 Å². The van der Waals surface area contributed by atoms with Gasteiger partial charge in [-0.1, -0.05) is 44.2 Å². The molecule has 2 heteroatoms. The third-order valence-corrected chi connectivity index (χ3v) is 4.04. The second kappa shape index (κ2) is 7.05. The number of hydrogen-bond acceptors (Lipinski definition) is 2. The topological polar surface area (TPSA) is 6.48 Å². The van der Waals surface area contributed by atoms with Crippen molar-refractivity contribution in [2.75, 3.05) is 40.3 Å². The highest BCUT2D eigenvalue weighted by Crippen LogP contribution is 2.23. The number of benzene rings is 1. The summed E-state index contributed by atoms with van der Waals surface area (Å²) in [6.07, 6.45) is 3.59. The molecule has 0 saturated heterocycles. The normalized spacial score (nSPS) is 16.8. The van der Waals surface area contributed by atoms with Gasteiger partial charge in [0.05, 0.1) is 0 Å². The van der Waals surface area contributed by atoms with E-state index < -0.39 is 0 Å². The molecular formula is C18H28N2. The summed E-state index contributed by atoms with van der Waals surface area (Å²) in [4.78, 5) is 4.82. The second-order valence-electron chi connectivity index (χ2n) is 6.37. The Hall–Kier alpha value is -1.12. The Balaban J connectivity index is 1.99. The largest absolute Gasteiger partial charge is 0.308 e. The van der Waals surface area contributed by atoms with Crippen molar-refractivity contribution in [3.8, 4) is 0 Å². The zero-order valence-electron chi connectivity index (χ0n) is 13.4. The van der Waals surface area contributed by atoms with E-state index in [4.69, 9.17) is 0 Å². The fourth-order valence-electron chi connectivity index (χ4n) is 2.63. The molecule has 0 N–H and O–H groups in total. The van der Waals surface area contributed by atoms with E-state index in [1.807, 2.05) is 0 Å². The Kier molecular flexibility index (Phi) is 5.38. The molecule has 0 fully saturated rings. The Morgan fingerprint density at radius 3 is 2.45 bits per heavy atom. The summed E-state index contributed by atoms with van der Waals surface area (Å²) in [6.45, 7) is 9.08. The lowest BCUT2D eigenvalue weighted by Crippen LogP contribution is -2.35. The van der Waals surface area contributed by atoms with Crippen molar-refractivity contribution in [2.24, 2.45) is 0 Å².